The molecule has 4 aliphatic rings. The van der Waals surface area contributed by atoms with Crippen LogP contribution in [0.5, 0.6) is 0 Å². The molecule has 0 bridgehead atoms. The van der Waals surface area contributed by atoms with E-state index in [4.69, 9.17) is 0 Å². The van der Waals surface area contributed by atoms with E-state index in [1.54, 1.807) is 0 Å². The van der Waals surface area contributed by atoms with E-state index in [0.29, 0.717) is 42.3 Å². The first-order valence-electron chi connectivity index (χ1n) is 15.8. The van der Waals surface area contributed by atoms with Crippen molar-refractivity contribution >= 4 is 16.6 Å². The third-order valence-electron chi connectivity index (χ3n) is 11.9. The van der Waals surface area contributed by atoms with Crippen molar-refractivity contribution in [3.05, 3.63) is 11.6 Å². The zero-order valence-corrected chi connectivity index (χ0v) is 25.8. The molecule has 8 atom stereocenters. The Morgan fingerprint density at radius 2 is 1.54 bits per heavy atom. The third-order valence-corrected chi connectivity index (χ3v) is 13.4. The van der Waals surface area contributed by atoms with Crippen molar-refractivity contribution in [2.24, 2.45) is 34.5 Å². The predicted molar refractivity (Wildman–Crippen MR) is 152 cm³/mol. The third kappa shape index (κ3) is 6.66. The van der Waals surface area contributed by atoms with E-state index in [1.165, 1.54) is 5.57 Å². The molecule has 4 rings (SSSR count). The smallest absolute Gasteiger partial charge is 0.390 e. The summed E-state index contributed by atoms with van der Waals surface area (Å²) >= 11 is 0. The molecule has 3 saturated carbocycles. The molecule has 4 aliphatic carbocycles. The van der Waals surface area contributed by atoms with Crippen molar-refractivity contribution in [1.29, 1.82) is 0 Å². The van der Waals surface area contributed by atoms with Gasteiger partial charge in [0.1, 0.15) is 0 Å². The number of aliphatic hydroxyl groups is 1. The average Bonchev–Trinajstić information content (AvgIpc) is 3.12. The van der Waals surface area contributed by atoms with Gasteiger partial charge in [0.25, 0.3) is 0 Å². The Morgan fingerprint density at radius 3 is 2.24 bits per heavy atom. The summed E-state index contributed by atoms with van der Waals surface area (Å²) in [7, 11) is -1.38. The summed E-state index contributed by atoms with van der Waals surface area (Å²) in [5.41, 5.74) is 0.742. The summed E-state index contributed by atoms with van der Waals surface area (Å²) in [6.07, 6.45) is 7.03. The Hall–Kier alpha value is -0.830. The van der Waals surface area contributed by atoms with Crippen molar-refractivity contribution in [3.8, 4) is 0 Å². The molecule has 3 nitrogen and oxygen atoms in total. The molecule has 236 valence electrons. The number of allylic oxidation sites excluding steroid dienone is 1. The maximum Gasteiger partial charge on any atom is 0.453 e. The Morgan fingerprint density at radius 1 is 0.902 bits per heavy atom. The monoisotopic (exact) mass is 608 g/mol. The quantitative estimate of drug-likeness (QED) is 0.178. The van der Waals surface area contributed by atoms with E-state index in [2.05, 4.69) is 13.8 Å². The fourth-order valence-corrected chi connectivity index (χ4v) is 10.3. The van der Waals surface area contributed by atoms with Crippen LogP contribution in [0.3, 0.4) is 0 Å². The minimum atomic E-state index is -5.55. The highest BCUT2D eigenvalue weighted by molar-refractivity contribution is 7.84. The largest absolute Gasteiger partial charge is 0.453 e. The lowest BCUT2D eigenvalue weighted by Crippen LogP contribution is -2.56. The van der Waals surface area contributed by atoms with Gasteiger partial charge < -0.3 is 5.11 Å². The molecule has 3 unspecified atom stereocenters. The van der Waals surface area contributed by atoms with E-state index < -0.39 is 41.3 Å². The molecule has 1 N–H and O–H groups in total. The van der Waals surface area contributed by atoms with Crippen LogP contribution < -0.4 is 0 Å². The van der Waals surface area contributed by atoms with Crippen LogP contribution in [0.25, 0.3) is 0 Å². The number of ketones is 1. The first-order valence-corrected chi connectivity index (χ1v) is 17.3. The minimum Gasteiger partial charge on any atom is -0.390 e. The lowest BCUT2D eigenvalue weighted by molar-refractivity contribution is -0.284. The molecule has 0 spiro atoms. The van der Waals surface area contributed by atoms with Gasteiger partial charge in [0, 0.05) is 35.1 Å². The lowest BCUT2D eigenvalue weighted by Gasteiger charge is -2.61. The number of fused-ring (bicyclic) bond motifs is 5. The highest BCUT2D eigenvalue weighted by Crippen LogP contribution is 2.69. The summed E-state index contributed by atoms with van der Waals surface area (Å²) in [6, 6.07) is 0. The number of unbranched alkanes of at least 4 members (excludes halogenated alkanes) is 4. The highest BCUT2D eigenvalue weighted by Gasteiger charge is 2.64. The van der Waals surface area contributed by atoms with Crippen molar-refractivity contribution in [2.75, 3.05) is 11.5 Å². The van der Waals surface area contributed by atoms with Gasteiger partial charge in [-0.05, 0) is 105 Å². The van der Waals surface area contributed by atoms with Crippen molar-refractivity contribution in [3.63, 3.8) is 0 Å². The summed E-state index contributed by atoms with van der Waals surface area (Å²) in [4.78, 5) is 12.4. The molecule has 0 aromatic rings. The molecule has 0 aromatic heterocycles. The highest BCUT2D eigenvalue weighted by atomic mass is 32.2. The lowest BCUT2D eigenvalue weighted by atomic mass is 9.44. The molecular weight excluding hydrogens is 559 g/mol. The second-order valence-electron chi connectivity index (χ2n) is 14.3. The zero-order chi connectivity index (χ0) is 30.3. The topological polar surface area (TPSA) is 54.4 Å². The average molecular weight is 609 g/mol. The maximum absolute atomic E-state index is 13.0. The van der Waals surface area contributed by atoms with Crippen molar-refractivity contribution < 1.29 is 36.1 Å². The van der Waals surface area contributed by atoms with Gasteiger partial charge in [-0.3, -0.25) is 9.00 Å². The van der Waals surface area contributed by atoms with Crippen LogP contribution in [0.4, 0.5) is 22.0 Å². The Labute approximate surface area is 244 Å². The second-order valence-corrected chi connectivity index (χ2v) is 16.0. The maximum atomic E-state index is 13.0. The Bertz CT molecular complexity index is 1010. The summed E-state index contributed by atoms with van der Waals surface area (Å²) < 4.78 is 74.9. The number of alkyl halides is 5. The van der Waals surface area contributed by atoms with E-state index >= 15 is 0 Å². The van der Waals surface area contributed by atoms with Gasteiger partial charge >= 0.3 is 12.1 Å². The molecule has 0 aromatic carbocycles. The number of hydrogen-bond donors (Lipinski definition) is 1. The van der Waals surface area contributed by atoms with Crippen molar-refractivity contribution in [2.45, 2.75) is 135 Å². The normalized spacial score (nSPS) is 38.2. The van der Waals surface area contributed by atoms with Gasteiger partial charge in [-0.15, -0.1) is 0 Å². The van der Waals surface area contributed by atoms with E-state index in [1.807, 2.05) is 13.0 Å². The molecular formula is C32H49F5O3S. The predicted octanol–water partition coefficient (Wildman–Crippen LogP) is 8.56. The first kappa shape index (κ1) is 33.1. The van der Waals surface area contributed by atoms with Gasteiger partial charge in [-0.1, -0.05) is 45.1 Å². The Kier molecular flexibility index (Phi) is 9.91. The van der Waals surface area contributed by atoms with E-state index in [0.717, 1.165) is 70.6 Å². The minimum absolute atomic E-state index is 0.0627. The van der Waals surface area contributed by atoms with Crippen molar-refractivity contribution in [1.82, 2.24) is 0 Å². The molecule has 3 fully saturated rings. The fourth-order valence-electron chi connectivity index (χ4n) is 9.14. The van der Waals surface area contributed by atoms with Crippen LogP contribution in [-0.2, 0) is 15.6 Å². The summed E-state index contributed by atoms with van der Waals surface area (Å²) in [5, 5.41) is 11.4. The van der Waals surface area contributed by atoms with Gasteiger partial charge in [-0.25, -0.2) is 0 Å². The number of hydrogen-bond acceptors (Lipinski definition) is 3. The van der Waals surface area contributed by atoms with Crippen LogP contribution in [0.15, 0.2) is 11.6 Å². The standard InChI is InChI=1S/C32H49F5O3S/c1-28-15-11-24(38)21-23(28)20-22(27-25(28)12-16-29(2)26(27)13-17-30(29,3)39)10-7-5-4-6-8-18-41(40)19-9-14-31(33,34)32(35,36)37/h21-22,25-27,39H,4-20H2,1-3H3/t22?,25-,26+,27-,28+,29+,30?,41?/m1/s1. The molecule has 9 heteroatoms. The summed E-state index contributed by atoms with van der Waals surface area (Å²) in [5.74, 6) is -2.13. The SMILES string of the molecule is CC1(O)CC[C@H]2[C@@H]3C(CCCCCCCS(=O)CCCC(F)(F)C(F)(F)F)CC4=CC(=O)CC[C@]4(C)[C@@H]3CC[C@@]21C. The van der Waals surface area contributed by atoms with Gasteiger partial charge in [-0.2, -0.15) is 22.0 Å². The molecule has 41 heavy (non-hydrogen) atoms. The fraction of sp³-hybridized carbons (Fsp3) is 0.906. The van der Waals surface area contributed by atoms with Crippen LogP contribution >= 0.6 is 0 Å². The van der Waals surface area contributed by atoms with Gasteiger partial charge in [0.2, 0.25) is 0 Å². The van der Waals surface area contributed by atoms with Crippen LogP contribution in [0, 0.1) is 34.5 Å². The van der Waals surface area contributed by atoms with E-state index in [9.17, 15) is 36.1 Å². The number of halogens is 5. The molecule has 0 amide bonds. The van der Waals surface area contributed by atoms with E-state index in [-0.39, 0.29) is 22.4 Å². The molecule has 0 radical (unpaired) electrons. The number of carbonyl (C=O) groups is 1. The summed E-state index contributed by atoms with van der Waals surface area (Å²) in [6.45, 7) is 6.73. The second kappa shape index (κ2) is 12.3. The molecule has 0 heterocycles. The molecule has 0 saturated heterocycles. The van der Waals surface area contributed by atoms with Crippen LogP contribution in [0.2, 0.25) is 0 Å². The molecule has 0 aliphatic heterocycles. The van der Waals surface area contributed by atoms with Crippen LogP contribution in [-0.4, -0.2) is 44.3 Å². The Balaban J connectivity index is 1.26. The zero-order valence-electron chi connectivity index (χ0n) is 25.0. The number of rotatable bonds is 12. The van der Waals surface area contributed by atoms with Crippen LogP contribution in [0.1, 0.15) is 117 Å². The van der Waals surface area contributed by atoms with Gasteiger partial charge in [0.15, 0.2) is 5.78 Å². The number of carbonyl (C=O) groups excluding carboxylic acids is 1. The first-order chi connectivity index (χ1) is 19.0. The van der Waals surface area contributed by atoms with Gasteiger partial charge in [0.05, 0.1) is 5.60 Å².